The molecule has 2 amide bonds. The van der Waals surface area contributed by atoms with Crippen LogP contribution in [0.5, 0.6) is 0 Å². The van der Waals surface area contributed by atoms with Crippen LogP contribution in [-0.2, 0) is 9.59 Å². The van der Waals surface area contributed by atoms with Crippen molar-refractivity contribution in [3.63, 3.8) is 0 Å². The Balaban J connectivity index is 2.18. The Morgan fingerprint density at radius 3 is 2.04 bits per heavy atom. The predicted molar refractivity (Wildman–Crippen MR) is 88.0 cm³/mol. The van der Waals surface area contributed by atoms with Crippen molar-refractivity contribution in [1.29, 1.82) is 0 Å². The van der Waals surface area contributed by atoms with E-state index in [1.165, 1.54) is 65.6 Å². The maximum Gasteiger partial charge on any atom is 0.251 e. The molecule has 0 saturated carbocycles. The highest BCUT2D eigenvalue weighted by Gasteiger charge is 2.14. The van der Waals surface area contributed by atoms with Gasteiger partial charge in [-0.1, -0.05) is 12.1 Å². The van der Waals surface area contributed by atoms with Gasteiger partial charge >= 0.3 is 0 Å². The van der Waals surface area contributed by atoms with E-state index in [1.54, 1.807) is 0 Å². The van der Waals surface area contributed by atoms with Crippen LogP contribution in [0.3, 0.4) is 0 Å². The fourth-order valence-electron chi connectivity index (χ4n) is 2.04. The summed E-state index contributed by atoms with van der Waals surface area (Å²) in [6.07, 6.45) is 2.81. The number of nitrogens with two attached hydrogens (primary N) is 1. The molecular weight excluding hydrogens is 314 g/mol. The van der Waals surface area contributed by atoms with Gasteiger partial charge in [-0.3, -0.25) is 9.59 Å². The van der Waals surface area contributed by atoms with Crippen LogP contribution in [0.1, 0.15) is 12.0 Å². The number of anilines is 1. The third kappa shape index (κ3) is 5.01. The summed E-state index contributed by atoms with van der Waals surface area (Å²) >= 11 is 0. The molecule has 2 rings (SSSR count). The summed E-state index contributed by atoms with van der Waals surface area (Å²) in [5.74, 6) is -1.74. The van der Waals surface area contributed by atoms with Gasteiger partial charge in [0.25, 0.3) is 5.91 Å². The molecule has 6 heteroatoms. The maximum absolute atomic E-state index is 13.0. The van der Waals surface area contributed by atoms with Crippen molar-refractivity contribution in [2.45, 2.75) is 6.42 Å². The number of benzene rings is 2. The number of hydrogen-bond donors (Lipinski definition) is 1. The molecule has 0 bridgehead atoms. The third-order valence-electron chi connectivity index (χ3n) is 3.27. The molecule has 0 atom stereocenters. The minimum Gasteiger partial charge on any atom is -0.370 e. The standard InChI is InChI=1S/C18H16F2N2O2/c19-14-4-1-13(2-5-14)3-10-18(24)22(12-11-17(21)23)16-8-6-15(20)7-9-16/h1-10H,11-12H2,(H2,21,23)/b10-3+. The van der Waals surface area contributed by atoms with E-state index in [-0.39, 0.29) is 18.8 Å². The Morgan fingerprint density at radius 1 is 0.958 bits per heavy atom. The Kier molecular flexibility index (Phi) is 5.78. The Morgan fingerprint density at radius 2 is 1.50 bits per heavy atom. The second kappa shape index (κ2) is 8.01. The van der Waals surface area contributed by atoms with Gasteiger partial charge in [0.1, 0.15) is 11.6 Å². The average Bonchev–Trinajstić information content (AvgIpc) is 2.56. The molecule has 0 aliphatic heterocycles. The molecule has 4 nitrogen and oxygen atoms in total. The molecule has 2 aromatic carbocycles. The summed E-state index contributed by atoms with van der Waals surface area (Å²) in [5.41, 5.74) is 6.23. The van der Waals surface area contributed by atoms with Gasteiger partial charge < -0.3 is 10.6 Å². The van der Waals surface area contributed by atoms with Crippen molar-refractivity contribution in [2.24, 2.45) is 5.73 Å². The normalized spacial score (nSPS) is 10.8. The second-order valence-electron chi connectivity index (χ2n) is 5.07. The Labute approximate surface area is 138 Å². The van der Waals surface area contributed by atoms with Crippen LogP contribution in [-0.4, -0.2) is 18.4 Å². The highest BCUT2D eigenvalue weighted by molar-refractivity contribution is 6.04. The fraction of sp³-hybridized carbons (Fsp3) is 0.111. The lowest BCUT2D eigenvalue weighted by Crippen LogP contribution is -2.32. The van der Waals surface area contributed by atoms with Gasteiger partial charge in [-0.15, -0.1) is 0 Å². The fourth-order valence-corrected chi connectivity index (χ4v) is 2.04. The smallest absolute Gasteiger partial charge is 0.251 e. The van der Waals surface area contributed by atoms with Crippen LogP contribution in [0.4, 0.5) is 14.5 Å². The van der Waals surface area contributed by atoms with Gasteiger partial charge in [0.05, 0.1) is 0 Å². The lowest BCUT2D eigenvalue weighted by Gasteiger charge is -2.20. The van der Waals surface area contributed by atoms with E-state index in [4.69, 9.17) is 5.73 Å². The molecule has 0 spiro atoms. The molecule has 0 aliphatic carbocycles. The minimum absolute atomic E-state index is 0.0203. The number of amides is 2. The molecule has 0 heterocycles. The average molecular weight is 330 g/mol. The van der Waals surface area contributed by atoms with Crippen molar-refractivity contribution < 1.29 is 18.4 Å². The third-order valence-corrected chi connectivity index (χ3v) is 3.27. The largest absolute Gasteiger partial charge is 0.370 e. The molecule has 24 heavy (non-hydrogen) atoms. The molecule has 0 aliphatic rings. The highest BCUT2D eigenvalue weighted by Crippen LogP contribution is 2.16. The van der Waals surface area contributed by atoms with E-state index in [2.05, 4.69) is 0 Å². The zero-order valence-corrected chi connectivity index (χ0v) is 12.8. The van der Waals surface area contributed by atoms with Crippen LogP contribution in [0.25, 0.3) is 6.08 Å². The SMILES string of the molecule is NC(=O)CCN(C(=O)/C=C/c1ccc(F)cc1)c1ccc(F)cc1. The zero-order chi connectivity index (χ0) is 17.5. The topological polar surface area (TPSA) is 63.4 Å². The number of nitrogens with zero attached hydrogens (tertiary/aromatic N) is 1. The Bertz CT molecular complexity index is 741. The molecule has 0 saturated heterocycles. The molecule has 124 valence electrons. The van der Waals surface area contributed by atoms with E-state index in [0.29, 0.717) is 11.3 Å². The van der Waals surface area contributed by atoms with Gasteiger partial charge in [0, 0.05) is 24.7 Å². The number of halogens is 2. The molecule has 0 aromatic heterocycles. The van der Waals surface area contributed by atoms with Gasteiger partial charge in [-0.2, -0.15) is 0 Å². The number of carbonyl (C=O) groups excluding carboxylic acids is 2. The van der Waals surface area contributed by atoms with E-state index in [0.717, 1.165) is 0 Å². The molecule has 2 aromatic rings. The van der Waals surface area contributed by atoms with Crippen LogP contribution in [0, 0.1) is 11.6 Å². The molecule has 0 radical (unpaired) electrons. The summed E-state index contributed by atoms with van der Waals surface area (Å²) < 4.78 is 25.9. The molecule has 2 N–H and O–H groups in total. The van der Waals surface area contributed by atoms with Crippen LogP contribution in [0.15, 0.2) is 54.6 Å². The first-order chi connectivity index (χ1) is 11.5. The zero-order valence-electron chi connectivity index (χ0n) is 12.8. The van der Waals surface area contributed by atoms with Crippen molar-refractivity contribution in [3.05, 3.63) is 71.8 Å². The number of hydrogen-bond acceptors (Lipinski definition) is 2. The first-order valence-electron chi connectivity index (χ1n) is 7.25. The quantitative estimate of drug-likeness (QED) is 0.828. The summed E-state index contributed by atoms with van der Waals surface area (Å²) in [6, 6.07) is 11.0. The predicted octanol–water partition coefficient (Wildman–Crippen LogP) is 2.89. The lowest BCUT2D eigenvalue weighted by atomic mass is 10.2. The van der Waals surface area contributed by atoms with E-state index >= 15 is 0 Å². The summed E-state index contributed by atoms with van der Waals surface area (Å²) in [5, 5.41) is 0. The van der Waals surface area contributed by atoms with Gasteiger partial charge in [-0.25, -0.2) is 8.78 Å². The minimum atomic E-state index is -0.544. The van der Waals surface area contributed by atoms with Crippen molar-refractivity contribution in [1.82, 2.24) is 0 Å². The monoisotopic (exact) mass is 330 g/mol. The number of carbonyl (C=O) groups is 2. The van der Waals surface area contributed by atoms with Crippen LogP contribution >= 0.6 is 0 Å². The van der Waals surface area contributed by atoms with Gasteiger partial charge in [-0.05, 0) is 48.0 Å². The molecular formula is C18H16F2N2O2. The van der Waals surface area contributed by atoms with Crippen molar-refractivity contribution >= 4 is 23.6 Å². The number of rotatable bonds is 6. The van der Waals surface area contributed by atoms with E-state index in [1.807, 2.05) is 0 Å². The summed E-state index contributed by atoms with van der Waals surface area (Å²) in [7, 11) is 0. The molecule has 0 fully saturated rings. The summed E-state index contributed by atoms with van der Waals surface area (Å²) in [6.45, 7) is 0.0769. The van der Waals surface area contributed by atoms with Crippen molar-refractivity contribution in [2.75, 3.05) is 11.4 Å². The first kappa shape index (κ1) is 17.3. The maximum atomic E-state index is 13.0. The highest BCUT2D eigenvalue weighted by atomic mass is 19.1. The van der Waals surface area contributed by atoms with Crippen LogP contribution < -0.4 is 10.6 Å². The van der Waals surface area contributed by atoms with Crippen molar-refractivity contribution in [3.8, 4) is 0 Å². The van der Waals surface area contributed by atoms with Crippen LogP contribution in [0.2, 0.25) is 0 Å². The summed E-state index contributed by atoms with van der Waals surface area (Å²) in [4.78, 5) is 24.7. The lowest BCUT2D eigenvalue weighted by molar-refractivity contribution is -0.118. The molecule has 0 unspecified atom stereocenters. The van der Waals surface area contributed by atoms with E-state index < -0.39 is 17.6 Å². The van der Waals surface area contributed by atoms with Gasteiger partial charge in [0.15, 0.2) is 0 Å². The Hall–Kier alpha value is -3.02. The number of primary amides is 1. The van der Waals surface area contributed by atoms with Gasteiger partial charge in [0.2, 0.25) is 5.91 Å². The first-order valence-corrected chi connectivity index (χ1v) is 7.25. The van der Waals surface area contributed by atoms with E-state index in [9.17, 15) is 18.4 Å². The second-order valence-corrected chi connectivity index (χ2v) is 5.07.